The lowest BCUT2D eigenvalue weighted by molar-refractivity contribution is -0.140. The van der Waals surface area contributed by atoms with Gasteiger partial charge in [-0.05, 0) is 23.8 Å². The molecule has 1 amide bonds. The topological polar surface area (TPSA) is 75.6 Å². The van der Waals surface area contributed by atoms with E-state index in [9.17, 15) is 14.7 Å². The van der Waals surface area contributed by atoms with Gasteiger partial charge in [-0.3, -0.25) is 9.59 Å². The van der Waals surface area contributed by atoms with Crippen LogP contribution in [0.15, 0.2) is 48.5 Å². The number of ether oxygens (including phenoxy) is 1. The van der Waals surface area contributed by atoms with E-state index in [0.717, 1.165) is 0 Å². The Morgan fingerprint density at radius 1 is 1.22 bits per heavy atom. The van der Waals surface area contributed by atoms with Gasteiger partial charge in [-0.1, -0.05) is 41.9 Å². The van der Waals surface area contributed by atoms with Crippen LogP contribution in [0.4, 0.5) is 5.69 Å². The minimum atomic E-state index is -1.05. The van der Waals surface area contributed by atoms with E-state index in [2.05, 4.69) is 5.32 Å². The van der Waals surface area contributed by atoms with Gasteiger partial charge in [0.2, 0.25) is 5.91 Å². The molecule has 0 aliphatic heterocycles. The van der Waals surface area contributed by atoms with Crippen LogP contribution in [-0.2, 0) is 9.59 Å². The number of carbonyl (C=O) groups excluding carboxylic acids is 1. The summed E-state index contributed by atoms with van der Waals surface area (Å²) in [4.78, 5) is 23.6. The number of hydrogen-bond donors (Lipinski definition) is 2. The molecule has 6 heteroatoms. The van der Waals surface area contributed by atoms with Crippen LogP contribution in [-0.4, -0.2) is 24.1 Å². The van der Waals surface area contributed by atoms with Gasteiger partial charge in [0.25, 0.3) is 0 Å². The van der Waals surface area contributed by atoms with E-state index < -0.39 is 17.8 Å². The van der Waals surface area contributed by atoms with Crippen molar-refractivity contribution in [1.82, 2.24) is 0 Å². The zero-order valence-corrected chi connectivity index (χ0v) is 13.2. The zero-order chi connectivity index (χ0) is 16.8. The maximum Gasteiger partial charge on any atom is 0.311 e. The van der Waals surface area contributed by atoms with Crippen molar-refractivity contribution in [3.63, 3.8) is 0 Å². The molecule has 0 bridgehead atoms. The van der Waals surface area contributed by atoms with Crippen LogP contribution in [0.2, 0.25) is 5.02 Å². The Morgan fingerprint density at radius 3 is 2.52 bits per heavy atom. The monoisotopic (exact) mass is 333 g/mol. The number of carbonyl (C=O) groups is 2. The van der Waals surface area contributed by atoms with Crippen LogP contribution in [0.5, 0.6) is 5.75 Å². The summed E-state index contributed by atoms with van der Waals surface area (Å²) in [6, 6.07) is 13.5. The summed E-state index contributed by atoms with van der Waals surface area (Å²) in [6.45, 7) is 0. The Labute approximate surface area is 138 Å². The molecule has 0 aromatic heterocycles. The Kier molecular flexibility index (Phi) is 5.60. The van der Waals surface area contributed by atoms with Crippen molar-refractivity contribution in [1.29, 1.82) is 0 Å². The van der Waals surface area contributed by atoms with Crippen molar-refractivity contribution in [2.45, 2.75) is 12.3 Å². The molecule has 0 heterocycles. The molecule has 0 spiro atoms. The predicted molar refractivity (Wildman–Crippen MR) is 88.1 cm³/mol. The maximum atomic E-state index is 12.2. The van der Waals surface area contributed by atoms with Gasteiger partial charge in [0.1, 0.15) is 5.75 Å². The second kappa shape index (κ2) is 7.65. The summed E-state index contributed by atoms with van der Waals surface area (Å²) in [5, 5.41) is 12.4. The lowest BCUT2D eigenvalue weighted by Gasteiger charge is -2.14. The number of carboxylic acid groups (broad SMARTS) is 1. The van der Waals surface area contributed by atoms with Crippen LogP contribution in [0.1, 0.15) is 17.9 Å². The van der Waals surface area contributed by atoms with Crippen molar-refractivity contribution in [2.24, 2.45) is 0 Å². The number of rotatable bonds is 6. The second-order valence-corrected chi connectivity index (χ2v) is 5.33. The van der Waals surface area contributed by atoms with Gasteiger partial charge >= 0.3 is 5.97 Å². The molecule has 23 heavy (non-hydrogen) atoms. The van der Waals surface area contributed by atoms with E-state index in [4.69, 9.17) is 16.3 Å². The molecule has 120 valence electrons. The van der Waals surface area contributed by atoms with E-state index >= 15 is 0 Å². The highest BCUT2D eigenvalue weighted by Gasteiger charge is 2.23. The quantitative estimate of drug-likeness (QED) is 0.847. The Balaban J connectivity index is 2.14. The molecule has 0 aliphatic rings. The third kappa shape index (κ3) is 4.47. The highest BCUT2D eigenvalue weighted by atomic mass is 35.5. The van der Waals surface area contributed by atoms with Gasteiger partial charge in [-0.15, -0.1) is 0 Å². The van der Waals surface area contributed by atoms with Crippen molar-refractivity contribution in [3.8, 4) is 5.75 Å². The molecule has 5 nitrogen and oxygen atoms in total. The van der Waals surface area contributed by atoms with E-state index in [0.29, 0.717) is 22.0 Å². The molecule has 2 rings (SSSR count). The maximum absolute atomic E-state index is 12.2. The van der Waals surface area contributed by atoms with E-state index in [-0.39, 0.29) is 6.42 Å². The fourth-order valence-corrected chi connectivity index (χ4v) is 2.37. The predicted octanol–water partition coefficient (Wildman–Crippen LogP) is 3.55. The first-order valence-corrected chi connectivity index (χ1v) is 7.30. The minimum Gasteiger partial charge on any atom is -0.495 e. The van der Waals surface area contributed by atoms with E-state index in [1.165, 1.54) is 7.11 Å². The lowest BCUT2D eigenvalue weighted by Crippen LogP contribution is -2.21. The normalized spacial score (nSPS) is 11.6. The molecule has 0 aliphatic carbocycles. The Hall–Kier alpha value is -2.53. The third-order valence-corrected chi connectivity index (χ3v) is 3.56. The minimum absolute atomic E-state index is 0.186. The van der Waals surface area contributed by atoms with Crippen molar-refractivity contribution < 1.29 is 19.4 Å². The number of nitrogens with one attached hydrogen (secondary N) is 1. The molecule has 2 aromatic carbocycles. The SMILES string of the molecule is COc1ccc(Cl)cc1NC(=O)CC(C(=O)O)c1ccccc1. The van der Waals surface area contributed by atoms with Crippen LogP contribution >= 0.6 is 11.6 Å². The molecule has 0 saturated heterocycles. The third-order valence-electron chi connectivity index (χ3n) is 3.33. The molecular formula is C17H16ClNO4. The summed E-state index contributed by atoms with van der Waals surface area (Å²) < 4.78 is 5.15. The van der Waals surface area contributed by atoms with Crippen LogP contribution in [0.25, 0.3) is 0 Å². The van der Waals surface area contributed by atoms with E-state index in [1.54, 1.807) is 48.5 Å². The van der Waals surface area contributed by atoms with E-state index in [1.807, 2.05) is 0 Å². The first kappa shape index (κ1) is 16.8. The molecule has 2 N–H and O–H groups in total. The molecule has 2 aromatic rings. The highest BCUT2D eigenvalue weighted by Crippen LogP contribution is 2.28. The van der Waals surface area contributed by atoms with Gasteiger partial charge in [0, 0.05) is 11.4 Å². The van der Waals surface area contributed by atoms with Gasteiger partial charge in [0.05, 0.1) is 18.7 Å². The first-order chi connectivity index (χ1) is 11.0. The Morgan fingerprint density at radius 2 is 1.91 bits per heavy atom. The number of carboxylic acids is 1. The fraction of sp³-hybridized carbons (Fsp3) is 0.176. The number of anilines is 1. The average molecular weight is 334 g/mol. The molecule has 1 atom stereocenters. The first-order valence-electron chi connectivity index (χ1n) is 6.92. The smallest absolute Gasteiger partial charge is 0.311 e. The number of aliphatic carboxylic acids is 1. The fourth-order valence-electron chi connectivity index (χ4n) is 2.20. The summed E-state index contributed by atoms with van der Waals surface area (Å²) in [5.74, 6) is -1.94. The largest absolute Gasteiger partial charge is 0.495 e. The molecule has 0 fully saturated rings. The van der Waals surface area contributed by atoms with Crippen LogP contribution in [0.3, 0.4) is 0 Å². The van der Waals surface area contributed by atoms with Gasteiger partial charge in [-0.2, -0.15) is 0 Å². The number of hydrogen-bond acceptors (Lipinski definition) is 3. The number of halogens is 1. The second-order valence-electron chi connectivity index (χ2n) is 4.90. The molecular weight excluding hydrogens is 318 g/mol. The molecule has 0 saturated carbocycles. The van der Waals surface area contributed by atoms with Gasteiger partial charge in [0.15, 0.2) is 0 Å². The summed E-state index contributed by atoms with van der Waals surface area (Å²) in [7, 11) is 1.48. The van der Waals surface area contributed by atoms with Crippen molar-refractivity contribution in [2.75, 3.05) is 12.4 Å². The number of methoxy groups -OCH3 is 1. The van der Waals surface area contributed by atoms with Gasteiger partial charge < -0.3 is 15.2 Å². The average Bonchev–Trinajstić information content (AvgIpc) is 2.53. The number of amides is 1. The van der Waals surface area contributed by atoms with Crippen LogP contribution in [0, 0.1) is 0 Å². The van der Waals surface area contributed by atoms with Crippen molar-refractivity contribution in [3.05, 3.63) is 59.1 Å². The standard InChI is InChI=1S/C17H16ClNO4/c1-23-15-8-7-12(18)9-14(15)19-16(20)10-13(17(21)22)11-5-3-2-4-6-11/h2-9,13H,10H2,1H3,(H,19,20)(H,21,22). The number of benzene rings is 2. The summed E-state index contributed by atoms with van der Waals surface area (Å²) in [6.07, 6.45) is -0.186. The summed E-state index contributed by atoms with van der Waals surface area (Å²) >= 11 is 5.91. The van der Waals surface area contributed by atoms with Crippen LogP contribution < -0.4 is 10.1 Å². The molecule has 1 unspecified atom stereocenters. The zero-order valence-electron chi connectivity index (χ0n) is 12.5. The van der Waals surface area contributed by atoms with Crippen molar-refractivity contribution >= 4 is 29.2 Å². The highest BCUT2D eigenvalue weighted by molar-refractivity contribution is 6.31. The lowest BCUT2D eigenvalue weighted by atomic mass is 9.95. The summed E-state index contributed by atoms with van der Waals surface area (Å²) in [5.41, 5.74) is 0.982. The molecule has 0 radical (unpaired) electrons. The van der Waals surface area contributed by atoms with Gasteiger partial charge in [-0.25, -0.2) is 0 Å². The Bertz CT molecular complexity index is 703.